The molecule has 2 aromatic carbocycles. The van der Waals surface area contributed by atoms with E-state index in [1.807, 2.05) is 12.1 Å². The highest BCUT2D eigenvalue weighted by Crippen LogP contribution is 2.31. The van der Waals surface area contributed by atoms with Gasteiger partial charge in [0.1, 0.15) is 0 Å². The molecule has 0 aliphatic carbocycles. The highest BCUT2D eigenvalue weighted by Gasteiger charge is 2.07. The SMILES string of the molecule is Cc1ccc(Cl)c(C)c1-c1ccccc1. The summed E-state index contributed by atoms with van der Waals surface area (Å²) >= 11 is 6.14. The van der Waals surface area contributed by atoms with Crippen molar-refractivity contribution in [2.45, 2.75) is 13.8 Å². The van der Waals surface area contributed by atoms with E-state index in [9.17, 15) is 0 Å². The van der Waals surface area contributed by atoms with Gasteiger partial charge in [0.15, 0.2) is 0 Å². The minimum absolute atomic E-state index is 0.833. The second-order valence-electron chi connectivity index (χ2n) is 3.73. The molecule has 0 aromatic heterocycles. The Morgan fingerprint density at radius 1 is 0.867 bits per heavy atom. The molecule has 76 valence electrons. The van der Waals surface area contributed by atoms with Gasteiger partial charge in [-0.15, -0.1) is 0 Å². The molecule has 0 unspecified atom stereocenters. The lowest BCUT2D eigenvalue weighted by molar-refractivity contribution is 1.38. The van der Waals surface area contributed by atoms with E-state index < -0.39 is 0 Å². The van der Waals surface area contributed by atoms with Crippen LogP contribution in [0.5, 0.6) is 0 Å². The molecule has 15 heavy (non-hydrogen) atoms. The molecule has 2 rings (SSSR count). The largest absolute Gasteiger partial charge is 0.0840 e. The fourth-order valence-electron chi connectivity index (χ4n) is 1.87. The van der Waals surface area contributed by atoms with Crippen LogP contribution in [-0.2, 0) is 0 Å². The molecule has 0 nitrogen and oxygen atoms in total. The van der Waals surface area contributed by atoms with Crippen LogP contribution in [0.4, 0.5) is 0 Å². The molecule has 0 heterocycles. The lowest BCUT2D eigenvalue weighted by Crippen LogP contribution is -1.88. The first-order chi connectivity index (χ1) is 7.20. The molecule has 0 spiro atoms. The summed E-state index contributed by atoms with van der Waals surface area (Å²) in [6.45, 7) is 4.18. The average molecular weight is 217 g/mol. The van der Waals surface area contributed by atoms with Crippen molar-refractivity contribution < 1.29 is 0 Å². The van der Waals surface area contributed by atoms with Gasteiger partial charge in [-0.25, -0.2) is 0 Å². The fourth-order valence-corrected chi connectivity index (χ4v) is 2.03. The van der Waals surface area contributed by atoms with E-state index in [0.717, 1.165) is 10.6 Å². The topological polar surface area (TPSA) is 0 Å². The Balaban J connectivity index is 2.68. The Morgan fingerprint density at radius 3 is 2.20 bits per heavy atom. The van der Waals surface area contributed by atoms with Gasteiger partial charge >= 0.3 is 0 Å². The van der Waals surface area contributed by atoms with Crippen LogP contribution < -0.4 is 0 Å². The monoisotopic (exact) mass is 216 g/mol. The van der Waals surface area contributed by atoms with Crippen LogP contribution in [0, 0.1) is 13.8 Å². The Hall–Kier alpha value is -1.27. The molecular formula is C14H13Cl. The standard InChI is InChI=1S/C14H13Cl/c1-10-8-9-13(15)11(2)14(10)12-6-4-3-5-7-12/h3-9H,1-2H3. The third-order valence-corrected chi connectivity index (χ3v) is 3.08. The maximum atomic E-state index is 6.14. The highest BCUT2D eigenvalue weighted by atomic mass is 35.5. The van der Waals surface area contributed by atoms with E-state index in [0.29, 0.717) is 0 Å². The van der Waals surface area contributed by atoms with Gasteiger partial charge in [-0.05, 0) is 42.2 Å². The number of rotatable bonds is 1. The summed E-state index contributed by atoms with van der Waals surface area (Å²) in [5.74, 6) is 0. The van der Waals surface area contributed by atoms with Crippen molar-refractivity contribution in [1.82, 2.24) is 0 Å². The first-order valence-corrected chi connectivity index (χ1v) is 5.39. The van der Waals surface area contributed by atoms with Crippen LogP contribution in [0.25, 0.3) is 11.1 Å². The van der Waals surface area contributed by atoms with Gasteiger partial charge in [0.2, 0.25) is 0 Å². The van der Waals surface area contributed by atoms with Crippen LogP contribution in [0.2, 0.25) is 5.02 Å². The molecule has 0 radical (unpaired) electrons. The van der Waals surface area contributed by atoms with Crippen LogP contribution in [0.1, 0.15) is 11.1 Å². The Kier molecular flexibility index (Phi) is 2.79. The van der Waals surface area contributed by atoms with Crippen molar-refractivity contribution in [2.75, 3.05) is 0 Å². The molecule has 2 aromatic rings. The third-order valence-electron chi connectivity index (χ3n) is 2.67. The number of hydrogen-bond donors (Lipinski definition) is 0. The van der Waals surface area contributed by atoms with Crippen molar-refractivity contribution >= 4 is 11.6 Å². The van der Waals surface area contributed by atoms with E-state index >= 15 is 0 Å². The summed E-state index contributed by atoms with van der Waals surface area (Å²) in [6.07, 6.45) is 0. The molecule has 0 N–H and O–H groups in total. The molecule has 0 bridgehead atoms. The second kappa shape index (κ2) is 4.08. The first-order valence-electron chi connectivity index (χ1n) is 5.01. The van der Waals surface area contributed by atoms with Crippen LogP contribution >= 0.6 is 11.6 Å². The predicted octanol–water partition coefficient (Wildman–Crippen LogP) is 4.62. The summed E-state index contributed by atoms with van der Waals surface area (Å²) in [4.78, 5) is 0. The number of hydrogen-bond acceptors (Lipinski definition) is 0. The van der Waals surface area contributed by atoms with Gasteiger partial charge in [0.05, 0.1) is 0 Å². The number of aryl methyl sites for hydroxylation is 1. The smallest absolute Gasteiger partial charge is 0.0441 e. The van der Waals surface area contributed by atoms with Gasteiger partial charge < -0.3 is 0 Å². The number of benzene rings is 2. The molecule has 1 heteroatoms. The fraction of sp³-hybridized carbons (Fsp3) is 0.143. The van der Waals surface area contributed by atoms with Gasteiger partial charge in [-0.3, -0.25) is 0 Å². The van der Waals surface area contributed by atoms with Crippen molar-refractivity contribution in [2.24, 2.45) is 0 Å². The third kappa shape index (κ3) is 1.91. The van der Waals surface area contributed by atoms with E-state index in [1.54, 1.807) is 0 Å². The Bertz CT molecular complexity index is 472. The van der Waals surface area contributed by atoms with E-state index in [-0.39, 0.29) is 0 Å². The second-order valence-corrected chi connectivity index (χ2v) is 4.14. The van der Waals surface area contributed by atoms with Crippen LogP contribution in [0.3, 0.4) is 0 Å². The van der Waals surface area contributed by atoms with Crippen molar-refractivity contribution in [3.05, 3.63) is 58.6 Å². The maximum absolute atomic E-state index is 6.14. The van der Waals surface area contributed by atoms with Crippen molar-refractivity contribution in [1.29, 1.82) is 0 Å². The highest BCUT2D eigenvalue weighted by molar-refractivity contribution is 6.31. The van der Waals surface area contributed by atoms with Gasteiger partial charge in [-0.1, -0.05) is 48.0 Å². The summed E-state index contributed by atoms with van der Waals surface area (Å²) in [7, 11) is 0. The average Bonchev–Trinajstić information content (AvgIpc) is 2.26. The molecule has 0 fully saturated rings. The quantitative estimate of drug-likeness (QED) is 0.652. The van der Waals surface area contributed by atoms with Crippen molar-refractivity contribution in [3.63, 3.8) is 0 Å². The summed E-state index contributed by atoms with van der Waals surface area (Å²) < 4.78 is 0. The molecule has 0 saturated carbocycles. The Morgan fingerprint density at radius 2 is 1.53 bits per heavy atom. The van der Waals surface area contributed by atoms with Gasteiger partial charge in [-0.2, -0.15) is 0 Å². The van der Waals surface area contributed by atoms with E-state index in [4.69, 9.17) is 11.6 Å². The lowest BCUT2D eigenvalue weighted by Gasteiger charge is -2.11. The van der Waals surface area contributed by atoms with Gasteiger partial charge in [0, 0.05) is 5.02 Å². The molecular weight excluding hydrogens is 204 g/mol. The van der Waals surface area contributed by atoms with Crippen LogP contribution in [0.15, 0.2) is 42.5 Å². The minimum Gasteiger partial charge on any atom is -0.0840 e. The molecule has 0 aliphatic rings. The lowest BCUT2D eigenvalue weighted by atomic mass is 9.96. The van der Waals surface area contributed by atoms with Crippen LogP contribution in [-0.4, -0.2) is 0 Å². The molecule has 0 aliphatic heterocycles. The summed E-state index contributed by atoms with van der Waals surface area (Å²) in [6, 6.07) is 14.4. The van der Waals surface area contributed by atoms with Crippen molar-refractivity contribution in [3.8, 4) is 11.1 Å². The minimum atomic E-state index is 0.833. The maximum Gasteiger partial charge on any atom is 0.0441 e. The van der Waals surface area contributed by atoms with E-state index in [1.165, 1.54) is 16.7 Å². The zero-order chi connectivity index (χ0) is 10.8. The first kappa shape index (κ1) is 10.3. The zero-order valence-electron chi connectivity index (χ0n) is 8.92. The molecule has 0 amide bonds. The summed E-state index contributed by atoms with van der Waals surface area (Å²) in [5, 5.41) is 0.833. The molecule has 0 atom stereocenters. The van der Waals surface area contributed by atoms with E-state index in [2.05, 4.69) is 44.2 Å². The number of halogens is 1. The molecule has 0 saturated heterocycles. The Labute approximate surface area is 95.5 Å². The summed E-state index contributed by atoms with van der Waals surface area (Å²) in [5.41, 5.74) is 4.91. The zero-order valence-corrected chi connectivity index (χ0v) is 9.68. The predicted molar refractivity (Wildman–Crippen MR) is 66.4 cm³/mol. The van der Waals surface area contributed by atoms with Gasteiger partial charge in [0.25, 0.3) is 0 Å². The normalized spacial score (nSPS) is 10.3.